The van der Waals surface area contributed by atoms with Gasteiger partial charge in [-0.1, -0.05) is 20.8 Å². The lowest BCUT2D eigenvalue weighted by atomic mass is 9.87. The summed E-state index contributed by atoms with van der Waals surface area (Å²) in [4.78, 5) is 40.6. The van der Waals surface area contributed by atoms with Crippen LogP contribution in [0.2, 0.25) is 0 Å². The molecular weight excluding hydrogens is 352 g/mol. The first-order valence-electron chi connectivity index (χ1n) is 8.85. The number of aromatic nitrogens is 1. The Kier molecular flexibility index (Phi) is 5.84. The van der Waals surface area contributed by atoms with Gasteiger partial charge in [-0.3, -0.25) is 19.7 Å². The predicted octanol–water partition coefficient (Wildman–Crippen LogP) is 1.68. The molecule has 0 aromatic carbocycles. The van der Waals surface area contributed by atoms with Crippen molar-refractivity contribution in [2.45, 2.75) is 46.1 Å². The van der Waals surface area contributed by atoms with Crippen molar-refractivity contribution >= 4 is 23.2 Å². The second-order valence-corrected chi connectivity index (χ2v) is 8.03. The Morgan fingerprint density at radius 2 is 1.93 bits per heavy atom. The van der Waals surface area contributed by atoms with E-state index in [4.69, 9.17) is 0 Å². The lowest BCUT2D eigenvalue weighted by molar-refractivity contribution is -0.384. The van der Waals surface area contributed by atoms with E-state index in [1.165, 1.54) is 11.0 Å². The van der Waals surface area contributed by atoms with Gasteiger partial charge in [0, 0.05) is 36.8 Å². The number of anilines is 1. The molecule has 1 aliphatic heterocycles. The van der Waals surface area contributed by atoms with E-state index < -0.39 is 27.6 Å². The number of carbonyl (C=O) groups is 2. The molecule has 27 heavy (non-hydrogen) atoms. The van der Waals surface area contributed by atoms with Crippen molar-refractivity contribution in [2.24, 2.45) is 5.41 Å². The Hall–Kier alpha value is -2.55. The van der Waals surface area contributed by atoms with Crippen LogP contribution in [0, 0.1) is 22.5 Å². The largest absolute Gasteiger partial charge is 0.388 e. The van der Waals surface area contributed by atoms with Crippen molar-refractivity contribution in [1.82, 2.24) is 9.88 Å². The van der Waals surface area contributed by atoms with E-state index in [9.17, 15) is 24.8 Å². The maximum absolute atomic E-state index is 12.3. The topological polar surface area (TPSA) is 126 Å². The zero-order valence-corrected chi connectivity index (χ0v) is 16.1. The Bertz CT molecular complexity index is 749. The average molecular weight is 378 g/mol. The van der Waals surface area contributed by atoms with Crippen LogP contribution in [0.15, 0.2) is 12.1 Å². The van der Waals surface area contributed by atoms with Crippen molar-refractivity contribution in [3.63, 3.8) is 0 Å². The minimum atomic E-state index is -1.14. The van der Waals surface area contributed by atoms with Gasteiger partial charge in [-0.15, -0.1) is 0 Å². The lowest BCUT2D eigenvalue weighted by Gasteiger charge is -2.38. The maximum Gasteiger partial charge on any atom is 0.311 e. The SMILES string of the molecule is Cc1ccc([N+](=O)[O-])c(NCC2(O)CCN(C(=O)C(=O)C(C)(C)C)CC2)n1. The fourth-order valence-electron chi connectivity index (χ4n) is 2.84. The fourth-order valence-corrected chi connectivity index (χ4v) is 2.84. The minimum Gasteiger partial charge on any atom is -0.388 e. The second kappa shape index (κ2) is 7.59. The van der Waals surface area contributed by atoms with Crippen LogP contribution in [0.5, 0.6) is 0 Å². The molecule has 1 saturated heterocycles. The molecule has 2 rings (SSSR count). The van der Waals surface area contributed by atoms with Crippen LogP contribution in [0.25, 0.3) is 0 Å². The molecule has 1 amide bonds. The number of aliphatic hydroxyl groups is 1. The summed E-state index contributed by atoms with van der Waals surface area (Å²) < 4.78 is 0. The molecule has 0 unspecified atom stereocenters. The molecule has 0 radical (unpaired) electrons. The fraction of sp³-hybridized carbons (Fsp3) is 0.611. The molecule has 0 spiro atoms. The first kappa shape index (κ1) is 20.8. The summed E-state index contributed by atoms with van der Waals surface area (Å²) in [5.74, 6) is -0.881. The third-order valence-corrected chi connectivity index (χ3v) is 4.65. The number of ketones is 1. The Labute approximate surface area is 157 Å². The molecule has 1 aromatic heterocycles. The monoisotopic (exact) mass is 378 g/mol. The molecule has 1 aromatic rings. The molecule has 148 valence electrons. The van der Waals surface area contributed by atoms with E-state index in [0.29, 0.717) is 5.69 Å². The van der Waals surface area contributed by atoms with Gasteiger partial charge in [0.05, 0.1) is 10.5 Å². The van der Waals surface area contributed by atoms with E-state index in [-0.39, 0.29) is 44.0 Å². The first-order valence-corrected chi connectivity index (χ1v) is 8.85. The molecule has 9 heteroatoms. The molecule has 2 heterocycles. The second-order valence-electron chi connectivity index (χ2n) is 8.03. The van der Waals surface area contributed by atoms with Crippen LogP contribution < -0.4 is 5.32 Å². The number of carbonyl (C=O) groups excluding carboxylic acids is 2. The summed E-state index contributed by atoms with van der Waals surface area (Å²) in [6.45, 7) is 7.38. The van der Waals surface area contributed by atoms with E-state index in [1.807, 2.05) is 0 Å². The molecule has 0 saturated carbocycles. The highest BCUT2D eigenvalue weighted by molar-refractivity contribution is 6.37. The molecule has 0 aliphatic carbocycles. The third kappa shape index (κ3) is 5.00. The van der Waals surface area contributed by atoms with Gasteiger partial charge in [0.15, 0.2) is 0 Å². The normalized spacial score (nSPS) is 16.7. The number of rotatable bonds is 5. The Morgan fingerprint density at radius 1 is 1.33 bits per heavy atom. The third-order valence-electron chi connectivity index (χ3n) is 4.65. The molecule has 9 nitrogen and oxygen atoms in total. The number of nitrogens with one attached hydrogen (secondary N) is 1. The summed E-state index contributed by atoms with van der Waals surface area (Å²) >= 11 is 0. The number of amides is 1. The number of piperidine rings is 1. The highest BCUT2D eigenvalue weighted by atomic mass is 16.6. The van der Waals surface area contributed by atoms with E-state index in [1.54, 1.807) is 33.8 Å². The standard InChI is InChI=1S/C18H26N4O5/c1-12-5-6-13(22(26)27)15(20-12)19-11-18(25)7-9-21(10-8-18)16(24)14(23)17(2,3)4/h5-6,25H,7-11H2,1-4H3,(H,19,20). The van der Waals surface area contributed by atoms with Gasteiger partial charge < -0.3 is 15.3 Å². The van der Waals surface area contributed by atoms with Crippen molar-refractivity contribution in [3.8, 4) is 0 Å². The molecule has 1 fully saturated rings. The highest BCUT2D eigenvalue weighted by Crippen LogP contribution is 2.27. The molecule has 0 atom stereocenters. The smallest absolute Gasteiger partial charge is 0.311 e. The highest BCUT2D eigenvalue weighted by Gasteiger charge is 2.38. The van der Waals surface area contributed by atoms with Gasteiger partial charge in [0.1, 0.15) is 0 Å². The van der Waals surface area contributed by atoms with Crippen LogP contribution >= 0.6 is 0 Å². The zero-order chi connectivity index (χ0) is 20.4. The van der Waals surface area contributed by atoms with Crippen LogP contribution in [0.1, 0.15) is 39.3 Å². The van der Waals surface area contributed by atoms with E-state index >= 15 is 0 Å². The number of hydrogen-bond donors (Lipinski definition) is 2. The van der Waals surface area contributed by atoms with Gasteiger partial charge in [0.25, 0.3) is 5.91 Å². The molecule has 2 N–H and O–H groups in total. The van der Waals surface area contributed by atoms with Crippen LogP contribution in [0.3, 0.4) is 0 Å². The molecular formula is C18H26N4O5. The number of likely N-dealkylation sites (tertiary alicyclic amines) is 1. The quantitative estimate of drug-likeness (QED) is 0.453. The van der Waals surface area contributed by atoms with Crippen LogP contribution in [0.4, 0.5) is 11.5 Å². The number of pyridine rings is 1. The Balaban J connectivity index is 1.99. The van der Waals surface area contributed by atoms with Crippen molar-refractivity contribution in [3.05, 3.63) is 27.9 Å². The summed E-state index contributed by atoms with van der Waals surface area (Å²) in [5.41, 5.74) is -1.42. The van der Waals surface area contributed by atoms with Gasteiger partial charge >= 0.3 is 5.69 Å². The van der Waals surface area contributed by atoms with Gasteiger partial charge in [0.2, 0.25) is 11.6 Å². The molecule has 1 aliphatic rings. The first-order chi connectivity index (χ1) is 12.4. The lowest BCUT2D eigenvalue weighted by Crippen LogP contribution is -2.52. The van der Waals surface area contributed by atoms with Crippen molar-refractivity contribution < 1.29 is 19.6 Å². The number of Topliss-reactive ketones (excluding diaryl/α,β-unsaturated/α-hetero) is 1. The van der Waals surface area contributed by atoms with Gasteiger partial charge in [-0.05, 0) is 25.8 Å². The Morgan fingerprint density at radius 3 is 2.44 bits per heavy atom. The summed E-state index contributed by atoms with van der Waals surface area (Å²) in [7, 11) is 0. The number of nitrogens with zero attached hydrogens (tertiary/aromatic N) is 3. The minimum absolute atomic E-state index is 0.0690. The molecule has 0 bridgehead atoms. The van der Waals surface area contributed by atoms with Crippen molar-refractivity contribution in [2.75, 3.05) is 25.0 Å². The summed E-state index contributed by atoms with van der Waals surface area (Å²) in [5, 5.41) is 24.7. The summed E-state index contributed by atoms with van der Waals surface area (Å²) in [6.07, 6.45) is 0.533. The van der Waals surface area contributed by atoms with Gasteiger partial charge in [-0.2, -0.15) is 0 Å². The number of aryl methyl sites for hydroxylation is 1. The van der Waals surface area contributed by atoms with E-state index in [0.717, 1.165) is 0 Å². The summed E-state index contributed by atoms with van der Waals surface area (Å²) in [6, 6.07) is 2.92. The zero-order valence-electron chi connectivity index (χ0n) is 16.1. The van der Waals surface area contributed by atoms with E-state index in [2.05, 4.69) is 10.3 Å². The van der Waals surface area contributed by atoms with Crippen molar-refractivity contribution in [1.29, 1.82) is 0 Å². The maximum atomic E-state index is 12.3. The van der Waals surface area contributed by atoms with Crippen LogP contribution in [-0.4, -0.2) is 56.8 Å². The van der Waals surface area contributed by atoms with Gasteiger partial charge in [-0.25, -0.2) is 4.98 Å². The number of hydrogen-bond acceptors (Lipinski definition) is 7. The van der Waals surface area contributed by atoms with Crippen LogP contribution in [-0.2, 0) is 9.59 Å². The average Bonchev–Trinajstić information content (AvgIpc) is 2.58. The predicted molar refractivity (Wildman–Crippen MR) is 99.3 cm³/mol. The number of nitro groups is 1.